The lowest BCUT2D eigenvalue weighted by atomic mass is 9.58. The van der Waals surface area contributed by atoms with Crippen LogP contribution in [0.2, 0.25) is 0 Å². The van der Waals surface area contributed by atoms with E-state index in [4.69, 9.17) is 28.4 Å². The van der Waals surface area contributed by atoms with Crippen LogP contribution in [-0.2, 0) is 29.1 Å². The Balaban J connectivity index is 1.12. The van der Waals surface area contributed by atoms with Gasteiger partial charge >= 0.3 is 0 Å². The van der Waals surface area contributed by atoms with Crippen molar-refractivity contribution in [3.05, 3.63) is 29.3 Å². The molecule has 3 aliphatic rings. The summed E-state index contributed by atoms with van der Waals surface area (Å²) < 4.78 is 32.8. The van der Waals surface area contributed by atoms with E-state index >= 15 is 0 Å². The number of nitrogens with zero attached hydrogens (tertiary/aromatic N) is 1. The third-order valence-electron chi connectivity index (χ3n) is 8.16. The van der Waals surface area contributed by atoms with Crippen molar-refractivity contribution in [2.24, 2.45) is 11.8 Å². The number of carbonyl (C=O) groups is 1. The first-order valence-corrected chi connectivity index (χ1v) is 13.9. The van der Waals surface area contributed by atoms with Crippen LogP contribution in [0.5, 0.6) is 5.75 Å². The van der Waals surface area contributed by atoms with Gasteiger partial charge in [0.2, 0.25) is 0 Å². The van der Waals surface area contributed by atoms with Crippen LogP contribution in [0, 0.1) is 11.8 Å². The Bertz CT molecular complexity index is 861. The summed E-state index contributed by atoms with van der Waals surface area (Å²) in [6, 6.07) is 6.03. The lowest BCUT2D eigenvalue weighted by Gasteiger charge is -2.53. The molecule has 208 valence electrons. The Morgan fingerprint density at radius 3 is 2.08 bits per heavy atom. The fourth-order valence-electron chi connectivity index (χ4n) is 5.60. The Labute approximate surface area is 221 Å². The number of likely N-dealkylation sites (tertiary alicyclic amines) is 1. The molecule has 2 aliphatic carbocycles. The highest BCUT2D eigenvalue weighted by molar-refractivity contribution is 6.03. The summed E-state index contributed by atoms with van der Waals surface area (Å²) in [5, 5.41) is 0. The smallest absolute Gasteiger partial charge is 0.180 e. The Morgan fingerprint density at radius 1 is 0.892 bits per heavy atom. The zero-order chi connectivity index (χ0) is 26.1. The van der Waals surface area contributed by atoms with Crippen LogP contribution < -0.4 is 4.74 Å². The number of ether oxygens (including phenoxy) is 6. The highest BCUT2D eigenvalue weighted by Gasteiger charge is 2.52. The monoisotopic (exact) mass is 519 g/mol. The number of hydrogen-bond donors (Lipinski definition) is 0. The van der Waals surface area contributed by atoms with E-state index in [-0.39, 0.29) is 17.2 Å². The normalized spacial score (nSPS) is 25.3. The van der Waals surface area contributed by atoms with Crippen molar-refractivity contribution >= 4 is 5.78 Å². The number of ketones is 1. The summed E-state index contributed by atoms with van der Waals surface area (Å²) in [6.45, 7) is 12.0. The molecule has 0 radical (unpaired) electrons. The second-order valence-corrected chi connectivity index (χ2v) is 10.7. The first-order chi connectivity index (χ1) is 18.0. The quantitative estimate of drug-likeness (QED) is 0.274. The maximum Gasteiger partial charge on any atom is 0.180 e. The lowest BCUT2D eigenvalue weighted by Crippen LogP contribution is -2.61. The number of benzene rings is 1. The first kappa shape index (κ1) is 28.5. The van der Waals surface area contributed by atoms with E-state index < -0.39 is 0 Å². The molecule has 4 rings (SSSR count). The van der Waals surface area contributed by atoms with Crippen molar-refractivity contribution in [1.82, 2.24) is 4.90 Å². The maximum atomic E-state index is 13.5. The minimum atomic E-state index is 0.00191. The molecule has 1 saturated carbocycles. The molecule has 0 spiro atoms. The topological polar surface area (TPSA) is 75.7 Å². The van der Waals surface area contributed by atoms with E-state index in [1.54, 1.807) is 7.11 Å². The van der Waals surface area contributed by atoms with E-state index in [2.05, 4.69) is 24.8 Å². The predicted molar refractivity (Wildman–Crippen MR) is 141 cm³/mol. The largest absolute Gasteiger partial charge is 0.491 e. The standard InChI is InChI=1S/C29H45NO7/c1-22-27-28(31)25-7-6-24(20-26(25)29(22,2)8-9-30(27)21-23-4-5-23)37-19-18-36-17-16-35-15-14-34-13-12-33-11-10-32-3/h6-7,20,22-23,27H,4-5,8-19,21H2,1-3H3/t22-,27-,29-/m0/s1. The number of methoxy groups -OCH3 is 1. The zero-order valence-corrected chi connectivity index (χ0v) is 22.9. The predicted octanol–water partition coefficient (Wildman–Crippen LogP) is 3.35. The van der Waals surface area contributed by atoms with Gasteiger partial charge in [-0.3, -0.25) is 9.69 Å². The minimum Gasteiger partial charge on any atom is -0.491 e. The maximum absolute atomic E-state index is 13.5. The average Bonchev–Trinajstić information content (AvgIpc) is 3.72. The number of rotatable bonds is 18. The molecule has 2 fully saturated rings. The molecule has 2 bridgehead atoms. The molecule has 0 amide bonds. The van der Waals surface area contributed by atoms with Gasteiger partial charge in [0.05, 0.1) is 65.5 Å². The summed E-state index contributed by atoms with van der Waals surface area (Å²) in [7, 11) is 1.65. The molecular formula is C29H45NO7. The fraction of sp³-hybridized carbons (Fsp3) is 0.759. The molecule has 8 nitrogen and oxygen atoms in total. The molecule has 0 aromatic heterocycles. The summed E-state index contributed by atoms with van der Waals surface area (Å²) in [5.74, 6) is 2.20. The third-order valence-corrected chi connectivity index (χ3v) is 8.16. The molecule has 1 aromatic carbocycles. The van der Waals surface area contributed by atoms with Crippen LogP contribution in [0.25, 0.3) is 0 Å². The molecule has 0 N–H and O–H groups in total. The van der Waals surface area contributed by atoms with Crippen molar-refractivity contribution in [1.29, 1.82) is 0 Å². The van der Waals surface area contributed by atoms with Gasteiger partial charge in [0, 0.05) is 19.2 Å². The number of hydrogen-bond acceptors (Lipinski definition) is 8. The van der Waals surface area contributed by atoms with Crippen LogP contribution in [0.4, 0.5) is 0 Å². The highest BCUT2D eigenvalue weighted by Crippen LogP contribution is 2.50. The molecule has 1 saturated heterocycles. The Morgan fingerprint density at radius 2 is 1.49 bits per heavy atom. The van der Waals surface area contributed by atoms with Gasteiger partial charge < -0.3 is 28.4 Å². The zero-order valence-electron chi connectivity index (χ0n) is 22.9. The summed E-state index contributed by atoms with van der Waals surface area (Å²) in [5.41, 5.74) is 2.04. The molecule has 1 heterocycles. The molecule has 37 heavy (non-hydrogen) atoms. The van der Waals surface area contributed by atoms with Gasteiger partial charge in [0.15, 0.2) is 5.78 Å². The van der Waals surface area contributed by atoms with E-state index in [1.807, 2.05) is 12.1 Å². The summed E-state index contributed by atoms with van der Waals surface area (Å²) >= 11 is 0. The van der Waals surface area contributed by atoms with E-state index in [0.717, 1.165) is 42.3 Å². The number of Topliss-reactive ketones (excluding diaryl/α,β-unsaturated/α-hetero) is 1. The Kier molecular flexibility index (Phi) is 10.8. The fourth-order valence-corrected chi connectivity index (χ4v) is 5.60. The van der Waals surface area contributed by atoms with Gasteiger partial charge in [-0.25, -0.2) is 0 Å². The van der Waals surface area contributed by atoms with Crippen molar-refractivity contribution < 1.29 is 33.2 Å². The van der Waals surface area contributed by atoms with Crippen LogP contribution in [0.1, 0.15) is 49.0 Å². The number of fused-ring (bicyclic) bond motifs is 4. The highest BCUT2D eigenvalue weighted by atomic mass is 16.6. The molecule has 0 unspecified atom stereocenters. The van der Waals surface area contributed by atoms with Crippen LogP contribution in [0.15, 0.2) is 18.2 Å². The van der Waals surface area contributed by atoms with Crippen molar-refractivity contribution in [3.8, 4) is 5.75 Å². The van der Waals surface area contributed by atoms with Crippen LogP contribution in [0.3, 0.4) is 0 Å². The Hall–Kier alpha value is -1.55. The van der Waals surface area contributed by atoms with E-state index in [1.165, 1.54) is 12.8 Å². The van der Waals surface area contributed by atoms with E-state index in [0.29, 0.717) is 72.0 Å². The van der Waals surface area contributed by atoms with Gasteiger partial charge in [-0.05, 0) is 66.8 Å². The van der Waals surface area contributed by atoms with Gasteiger partial charge in [0.1, 0.15) is 12.4 Å². The second-order valence-electron chi connectivity index (χ2n) is 10.7. The third kappa shape index (κ3) is 7.52. The van der Waals surface area contributed by atoms with Crippen molar-refractivity contribution in [2.45, 2.75) is 44.6 Å². The molecule has 8 heteroatoms. The van der Waals surface area contributed by atoms with Gasteiger partial charge in [-0.2, -0.15) is 0 Å². The summed E-state index contributed by atoms with van der Waals surface area (Å²) in [6.07, 6.45) is 3.72. The number of carbonyl (C=O) groups excluding carboxylic acids is 1. The molecule has 1 aromatic rings. The lowest BCUT2D eigenvalue weighted by molar-refractivity contribution is -0.00979. The molecule has 1 aliphatic heterocycles. The summed E-state index contributed by atoms with van der Waals surface area (Å²) in [4.78, 5) is 15.9. The number of piperidine rings is 1. The average molecular weight is 520 g/mol. The van der Waals surface area contributed by atoms with Crippen LogP contribution in [-0.4, -0.2) is 103 Å². The van der Waals surface area contributed by atoms with Crippen molar-refractivity contribution in [2.75, 3.05) is 86.3 Å². The second kappa shape index (κ2) is 14.0. The SMILES string of the molecule is COCCOCCOCCOCCOCCOc1ccc2c(c1)[C@@]1(C)CCN(CC3CC3)[C@H](C2=O)[C@@H]1C. The van der Waals surface area contributed by atoms with Crippen LogP contribution >= 0.6 is 0 Å². The van der Waals surface area contributed by atoms with E-state index in [9.17, 15) is 4.79 Å². The molecule has 3 atom stereocenters. The van der Waals surface area contributed by atoms with Gasteiger partial charge in [0.25, 0.3) is 0 Å². The molecular weight excluding hydrogens is 474 g/mol. The van der Waals surface area contributed by atoms with Gasteiger partial charge in [-0.1, -0.05) is 13.8 Å². The van der Waals surface area contributed by atoms with Crippen molar-refractivity contribution in [3.63, 3.8) is 0 Å². The minimum absolute atomic E-state index is 0.00191. The first-order valence-electron chi connectivity index (χ1n) is 13.9. The van der Waals surface area contributed by atoms with Gasteiger partial charge in [-0.15, -0.1) is 0 Å².